The van der Waals surface area contributed by atoms with Gasteiger partial charge in [-0.15, -0.1) is 0 Å². The van der Waals surface area contributed by atoms with Crippen LogP contribution in [0.25, 0.3) is 0 Å². The highest BCUT2D eigenvalue weighted by Crippen LogP contribution is 2.28. The molecule has 0 spiro atoms. The Bertz CT molecular complexity index is 751. The Kier molecular flexibility index (Phi) is 8.27. The summed E-state index contributed by atoms with van der Waals surface area (Å²) in [5, 5.41) is 3.47. The van der Waals surface area contributed by atoms with Crippen molar-refractivity contribution in [3.63, 3.8) is 0 Å². The molecule has 1 atom stereocenters. The molecule has 0 aliphatic carbocycles. The summed E-state index contributed by atoms with van der Waals surface area (Å²) in [5.41, 5.74) is 1.13. The van der Waals surface area contributed by atoms with Crippen LogP contribution in [0, 0.1) is 0 Å². The van der Waals surface area contributed by atoms with Crippen LogP contribution in [0.2, 0.25) is 5.02 Å². The molecule has 2 rings (SSSR count). The minimum absolute atomic E-state index is 0.153. The number of carbonyl (C=O) groups is 1. The largest absolute Gasteiger partial charge is 0.493 e. The van der Waals surface area contributed by atoms with Crippen molar-refractivity contribution in [2.24, 2.45) is 0 Å². The number of nitrogens with one attached hydrogen (secondary N) is 1. The SMILES string of the molecule is CCOc1ccc(CCCNC(=O)[C@@H](C)Oc2cccc(Cl)c2)cc1OC. The van der Waals surface area contributed by atoms with E-state index >= 15 is 0 Å². The summed E-state index contributed by atoms with van der Waals surface area (Å²) in [4.78, 5) is 12.2. The molecule has 0 aliphatic rings. The number of methoxy groups -OCH3 is 1. The van der Waals surface area contributed by atoms with E-state index in [-0.39, 0.29) is 5.91 Å². The highest BCUT2D eigenvalue weighted by molar-refractivity contribution is 6.30. The molecule has 146 valence electrons. The topological polar surface area (TPSA) is 56.8 Å². The number of benzene rings is 2. The molecule has 0 saturated carbocycles. The zero-order valence-electron chi connectivity index (χ0n) is 16.0. The number of rotatable bonds is 10. The fourth-order valence-electron chi connectivity index (χ4n) is 2.59. The zero-order valence-corrected chi connectivity index (χ0v) is 16.7. The predicted octanol–water partition coefficient (Wildman–Crippen LogP) is 4.26. The Morgan fingerprint density at radius 1 is 1.19 bits per heavy atom. The number of amides is 1. The van der Waals surface area contributed by atoms with Gasteiger partial charge < -0.3 is 19.5 Å². The number of aryl methyl sites for hydroxylation is 1. The third kappa shape index (κ3) is 6.68. The first kappa shape index (κ1) is 20.9. The van der Waals surface area contributed by atoms with Gasteiger partial charge in [-0.1, -0.05) is 23.7 Å². The average molecular weight is 392 g/mol. The smallest absolute Gasteiger partial charge is 0.260 e. The quantitative estimate of drug-likeness (QED) is 0.615. The van der Waals surface area contributed by atoms with Crippen LogP contribution in [0.15, 0.2) is 42.5 Å². The van der Waals surface area contributed by atoms with Crippen molar-refractivity contribution < 1.29 is 19.0 Å². The van der Waals surface area contributed by atoms with Gasteiger partial charge in [0.25, 0.3) is 5.91 Å². The number of hydrogen-bond donors (Lipinski definition) is 1. The van der Waals surface area contributed by atoms with Crippen LogP contribution in [-0.2, 0) is 11.2 Å². The van der Waals surface area contributed by atoms with Crippen molar-refractivity contribution in [3.8, 4) is 17.2 Å². The molecule has 2 aromatic rings. The summed E-state index contributed by atoms with van der Waals surface area (Å²) in [6, 6.07) is 12.9. The molecule has 0 fully saturated rings. The average Bonchev–Trinajstić information content (AvgIpc) is 2.66. The molecule has 1 amide bonds. The molecule has 1 N–H and O–H groups in total. The monoisotopic (exact) mass is 391 g/mol. The van der Waals surface area contributed by atoms with Crippen LogP contribution >= 0.6 is 11.6 Å². The Morgan fingerprint density at radius 2 is 2.00 bits per heavy atom. The summed E-state index contributed by atoms with van der Waals surface area (Å²) < 4.78 is 16.5. The van der Waals surface area contributed by atoms with Crippen molar-refractivity contribution in [2.45, 2.75) is 32.8 Å². The number of hydrogen-bond acceptors (Lipinski definition) is 4. The number of halogens is 1. The summed E-state index contributed by atoms with van der Waals surface area (Å²) in [5.74, 6) is 1.89. The lowest BCUT2D eigenvalue weighted by Crippen LogP contribution is -2.36. The maximum atomic E-state index is 12.2. The summed E-state index contributed by atoms with van der Waals surface area (Å²) in [7, 11) is 1.63. The first-order valence-corrected chi connectivity index (χ1v) is 9.41. The van der Waals surface area contributed by atoms with Crippen LogP contribution in [0.4, 0.5) is 0 Å². The van der Waals surface area contributed by atoms with E-state index in [0.717, 1.165) is 29.9 Å². The second-order valence-electron chi connectivity index (χ2n) is 6.03. The summed E-state index contributed by atoms with van der Waals surface area (Å²) in [6.07, 6.45) is 1.05. The minimum Gasteiger partial charge on any atom is -0.493 e. The van der Waals surface area contributed by atoms with Gasteiger partial charge in [0.2, 0.25) is 0 Å². The van der Waals surface area contributed by atoms with E-state index in [1.54, 1.807) is 38.3 Å². The molecule has 0 unspecified atom stereocenters. The first-order valence-electron chi connectivity index (χ1n) is 9.03. The maximum Gasteiger partial charge on any atom is 0.260 e. The highest BCUT2D eigenvalue weighted by atomic mass is 35.5. The Morgan fingerprint density at radius 3 is 2.70 bits per heavy atom. The molecule has 2 aromatic carbocycles. The predicted molar refractivity (Wildman–Crippen MR) is 107 cm³/mol. The second kappa shape index (κ2) is 10.7. The molecular weight excluding hydrogens is 366 g/mol. The van der Waals surface area contributed by atoms with E-state index in [1.807, 2.05) is 25.1 Å². The van der Waals surface area contributed by atoms with E-state index in [4.69, 9.17) is 25.8 Å². The molecule has 0 heterocycles. The van der Waals surface area contributed by atoms with E-state index < -0.39 is 6.10 Å². The van der Waals surface area contributed by atoms with Crippen molar-refractivity contribution in [3.05, 3.63) is 53.1 Å². The highest BCUT2D eigenvalue weighted by Gasteiger charge is 2.14. The minimum atomic E-state index is -0.589. The lowest BCUT2D eigenvalue weighted by Gasteiger charge is -2.15. The van der Waals surface area contributed by atoms with Gasteiger partial charge in [0.1, 0.15) is 5.75 Å². The van der Waals surface area contributed by atoms with Crippen molar-refractivity contribution >= 4 is 17.5 Å². The van der Waals surface area contributed by atoms with E-state index in [9.17, 15) is 4.79 Å². The number of ether oxygens (including phenoxy) is 3. The lowest BCUT2D eigenvalue weighted by molar-refractivity contribution is -0.127. The summed E-state index contributed by atoms with van der Waals surface area (Å²) in [6.45, 7) is 4.81. The van der Waals surface area contributed by atoms with Gasteiger partial charge in [0, 0.05) is 11.6 Å². The van der Waals surface area contributed by atoms with E-state index in [0.29, 0.717) is 23.9 Å². The lowest BCUT2D eigenvalue weighted by atomic mass is 10.1. The molecule has 27 heavy (non-hydrogen) atoms. The fourth-order valence-corrected chi connectivity index (χ4v) is 2.77. The molecule has 5 nitrogen and oxygen atoms in total. The Hall–Kier alpha value is -2.40. The van der Waals surface area contributed by atoms with Crippen molar-refractivity contribution in [1.29, 1.82) is 0 Å². The van der Waals surface area contributed by atoms with Gasteiger partial charge in [0.15, 0.2) is 17.6 Å². The van der Waals surface area contributed by atoms with Gasteiger partial charge >= 0.3 is 0 Å². The molecule has 0 radical (unpaired) electrons. The first-order chi connectivity index (χ1) is 13.0. The van der Waals surface area contributed by atoms with Crippen LogP contribution in [0.1, 0.15) is 25.8 Å². The molecule has 6 heteroatoms. The Balaban J connectivity index is 1.76. The number of carbonyl (C=O) groups excluding carboxylic acids is 1. The third-order valence-electron chi connectivity index (χ3n) is 3.95. The third-order valence-corrected chi connectivity index (χ3v) is 4.18. The van der Waals surface area contributed by atoms with Gasteiger partial charge in [-0.25, -0.2) is 0 Å². The fraction of sp³-hybridized carbons (Fsp3) is 0.381. The van der Waals surface area contributed by atoms with Gasteiger partial charge in [-0.3, -0.25) is 4.79 Å². The maximum absolute atomic E-state index is 12.2. The molecule has 0 saturated heterocycles. The van der Waals surface area contributed by atoms with Crippen LogP contribution < -0.4 is 19.5 Å². The van der Waals surface area contributed by atoms with Crippen molar-refractivity contribution in [1.82, 2.24) is 5.32 Å². The van der Waals surface area contributed by atoms with E-state index in [1.165, 1.54) is 0 Å². The molecule has 0 aliphatic heterocycles. The van der Waals surface area contributed by atoms with Crippen LogP contribution in [-0.4, -0.2) is 32.3 Å². The van der Waals surface area contributed by atoms with Gasteiger partial charge in [-0.05, 0) is 62.6 Å². The van der Waals surface area contributed by atoms with Gasteiger partial charge in [-0.2, -0.15) is 0 Å². The summed E-state index contributed by atoms with van der Waals surface area (Å²) >= 11 is 5.92. The van der Waals surface area contributed by atoms with Crippen LogP contribution in [0.3, 0.4) is 0 Å². The van der Waals surface area contributed by atoms with E-state index in [2.05, 4.69) is 5.32 Å². The van der Waals surface area contributed by atoms with Gasteiger partial charge in [0.05, 0.1) is 13.7 Å². The molecule has 0 aromatic heterocycles. The normalized spacial score (nSPS) is 11.6. The second-order valence-corrected chi connectivity index (χ2v) is 6.47. The zero-order chi connectivity index (χ0) is 19.6. The van der Waals surface area contributed by atoms with Crippen molar-refractivity contribution in [2.75, 3.05) is 20.3 Å². The van der Waals surface area contributed by atoms with Crippen LogP contribution in [0.5, 0.6) is 17.2 Å². The molecular formula is C21H26ClNO4. The standard InChI is InChI=1S/C21H26ClNO4/c1-4-26-19-11-10-16(13-20(19)25-3)7-6-12-23-21(24)15(2)27-18-9-5-8-17(22)14-18/h5,8-11,13-15H,4,6-7,12H2,1-3H3,(H,23,24)/t15-/m1/s1. The Labute approximate surface area is 165 Å². The molecule has 0 bridgehead atoms.